The van der Waals surface area contributed by atoms with Crippen LogP contribution in [0.3, 0.4) is 0 Å². The summed E-state index contributed by atoms with van der Waals surface area (Å²) in [5, 5.41) is 7.23. The molecule has 0 saturated carbocycles. The first-order chi connectivity index (χ1) is 10.5. The lowest BCUT2D eigenvalue weighted by molar-refractivity contribution is -0.124. The Hall–Kier alpha value is -0.810. The maximum absolute atomic E-state index is 12.3. The van der Waals surface area contributed by atoms with Gasteiger partial charge in [0, 0.05) is 36.7 Å². The molecular formula is C17H27Cl2N3O. The van der Waals surface area contributed by atoms with E-state index in [1.807, 2.05) is 31.2 Å². The monoisotopic (exact) mass is 359 g/mol. The molecule has 6 heteroatoms. The van der Waals surface area contributed by atoms with Gasteiger partial charge in [-0.1, -0.05) is 43.6 Å². The minimum absolute atomic E-state index is 0. The van der Waals surface area contributed by atoms with Crippen molar-refractivity contribution < 1.29 is 4.79 Å². The highest BCUT2D eigenvalue weighted by Gasteiger charge is 2.27. The van der Waals surface area contributed by atoms with Crippen LogP contribution in [0, 0.1) is 5.92 Å². The van der Waals surface area contributed by atoms with Crippen LogP contribution >= 0.6 is 24.0 Å². The molecule has 0 spiro atoms. The molecule has 1 heterocycles. The quantitative estimate of drug-likeness (QED) is 0.849. The Bertz CT molecular complexity index is 510. The molecule has 1 saturated heterocycles. The van der Waals surface area contributed by atoms with Crippen molar-refractivity contribution >= 4 is 29.9 Å². The summed E-state index contributed by atoms with van der Waals surface area (Å²) in [6, 6.07) is 8.21. The van der Waals surface area contributed by atoms with Crippen molar-refractivity contribution in [1.29, 1.82) is 0 Å². The van der Waals surface area contributed by atoms with Crippen LogP contribution < -0.4 is 10.6 Å². The van der Waals surface area contributed by atoms with Gasteiger partial charge in [0.1, 0.15) is 0 Å². The van der Waals surface area contributed by atoms with Gasteiger partial charge in [0.2, 0.25) is 5.91 Å². The summed E-state index contributed by atoms with van der Waals surface area (Å²) in [6.45, 7) is 9.25. The van der Waals surface area contributed by atoms with Crippen molar-refractivity contribution in [2.75, 3.05) is 26.2 Å². The van der Waals surface area contributed by atoms with Gasteiger partial charge in [0.15, 0.2) is 0 Å². The van der Waals surface area contributed by atoms with Crippen LogP contribution in [0.5, 0.6) is 0 Å². The normalized spacial score (nSPS) is 20.0. The Labute approximate surface area is 150 Å². The van der Waals surface area contributed by atoms with Crippen molar-refractivity contribution in [1.82, 2.24) is 15.5 Å². The minimum Gasteiger partial charge on any atom is -0.352 e. The summed E-state index contributed by atoms with van der Waals surface area (Å²) in [7, 11) is 0. The van der Waals surface area contributed by atoms with Gasteiger partial charge >= 0.3 is 0 Å². The molecule has 23 heavy (non-hydrogen) atoms. The van der Waals surface area contributed by atoms with Gasteiger partial charge in [0.25, 0.3) is 0 Å². The summed E-state index contributed by atoms with van der Waals surface area (Å²) in [5.74, 6) is 0.520. The number of benzene rings is 1. The van der Waals surface area contributed by atoms with Crippen LogP contribution in [0.15, 0.2) is 24.3 Å². The van der Waals surface area contributed by atoms with Crippen LogP contribution in [0.1, 0.15) is 32.4 Å². The lowest BCUT2D eigenvalue weighted by Crippen LogP contribution is -2.50. The molecular weight excluding hydrogens is 333 g/mol. The molecule has 2 N–H and O–H groups in total. The first kappa shape index (κ1) is 20.2. The van der Waals surface area contributed by atoms with Gasteiger partial charge in [-0.15, -0.1) is 12.4 Å². The molecule has 1 fully saturated rings. The lowest BCUT2D eigenvalue weighted by atomic mass is 10.0. The summed E-state index contributed by atoms with van der Waals surface area (Å²) in [5.41, 5.74) is 1.08. The molecule has 1 amide bonds. The van der Waals surface area contributed by atoms with Gasteiger partial charge in [-0.3, -0.25) is 9.69 Å². The van der Waals surface area contributed by atoms with E-state index in [9.17, 15) is 4.79 Å². The molecule has 1 aliphatic rings. The lowest BCUT2D eigenvalue weighted by Gasteiger charge is -2.36. The second-order valence-electron chi connectivity index (χ2n) is 6.31. The number of halogens is 2. The van der Waals surface area contributed by atoms with Gasteiger partial charge in [-0.05, 0) is 24.5 Å². The third kappa shape index (κ3) is 5.64. The number of hydrogen-bond donors (Lipinski definition) is 2. The van der Waals surface area contributed by atoms with Crippen LogP contribution in [0.2, 0.25) is 5.02 Å². The molecule has 130 valence electrons. The average Bonchev–Trinajstić information content (AvgIpc) is 2.48. The van der Waals surface area contributed by atoms with E-state index in [0.29, 0.717) is 12.5 Å². The molecule has 0 aromatic heterocycles. The predicted octanol–water partition coefficient (Wildman–Crippen LogP) is 2.87. The van der Waals surface area contributed by atoms with Crippen molar-refractivity contribution in [3.8, 4) is 0 Å². The third-order valence-electron chi connectivity index (χ3n) is 4.35. The zero-order chi connectivity index (χ0) is 16.1. The van der Waals surface area contributed by atoms with Crippen LogP contribution in [-0.2, 0) is 4.79 Å². The molecule has 0 aliphatic carbocycles. The highest BCUT2D eigenvalue weighted by atomic mass is 35.5. The van der Waals surface area contributed by atoms with E-state index in [1.54, 1.807) is 0 Å². The second kappa shape index (κ2) is 9.48. The molecule has 4 nitrogen and oxygen atoms in total. The van der Waals surface area contributed by atoms with E-state index >= 15 is 0 Å². The maximum Gasteiger partial charge on any atom is 0.234 e. The number of carbonyl (C=O) groups excluding carboxylic acids is 1. The van der Waals surface area contributed by atoms with Crippen LogP contribution in [0.4, 0.5) is 0 Å². The van der Waals surface area contributed by atoms with Crippen molar-refractivity contribution in [2.24, 2.45) is 5.92 Å². The molecule has 2 unspecified atom stereocenters. The van der Waals surface area contributed by atoms with E-state index in [2.05, 4.69) is 29.4 Å². The van der Waals surface area contributed by atoms with E-state index in [1.165, 1.54) is 0 Å². The summed E-state index contributed by atoms with van der Waals surface area (Å²) in [4.78, 5) is 14.5. The number of carbonyl (C=O) groups is 1. The number of rotatable bonds is 5. The molecule has 0 radical (unpaired) electrons. The van der Waals surface area contributed by atoms with E-state index in [-0.39, 0.29) is 30.4 Å². The predicted molar refractivity (Wildman–Crippen MR) is 98.3 cm³/mol. The first-order valence-corrected chi connectivity index (χ1v) is 8.35. The zero-order valence-electron chi connectivity index (χ0n) is 14.0. The highest BCUT2D eigenvalue weighted by Crippen LogP contribution is 2.28. The fourth-order valence-corrected chi connectivity index (χ4v) is 2.90. The topological polar surface area (TPSA) is 44.4 Å². The maximum atomic E-state index is 12.3. The van der Waals surface area contributed by atoms with E-state index in [0.717, 1.165) is 30.2 Å². The second-order valence-corrected chi connectivity index (χ2v) is 6.72. The third-order valence-corrected chi connectivity index (χ3v) is 4.70. The van der Waals surface area contributed by atoms with Gasteiger partial charge in [-0.2, -0.15) is 0 Å². The standard InChI is InChI=1S/C17H26ClN3O.ClH/c1-12(2)13(3)20-17(22)11-21-9-8-19-10-16(21)14-6-4-5-7-15(14)18;/h4-7,12-13,16,19H,8-11H2,1-3H3,(H,20,22);1H. The summed E-state index contributed by atoms with van der Waals surface area (Å²) in [6.07, 6.45) is 0. The molecule has 1 aliphatic heterocycles. The van der Waals surface area contributed by atoms with E-state index in [4.69, 9.17) is 11.6 Å². The van der Waals surface area contributed by atoms with Crippen molar-refractivity contribution in [3.05, 3.63) is 34.9 Å². The fraction of sp³-hybridized carbons (Fsp3) is 0.588. The largest absolute Gasteiger partial charge is 0.352 e. The summed E-state index contributed by atoms with van der Waals surface area (Å²) >= 11 is 6.33. The molecule has 1 aromatic rings. The zero-order valence-corrected chi connectivity index (χ0v) is 15.6. The summed E-state index contributed by atoms with van der Waals surface area (Å²) < 4.78 is 0. The molecule has 0 bridgehead atoms. The average molecular weight is 360 g/mol. The SMILES string of the molecule is CC(C)C(C)NC(=O)CN1CCNCC1c1ccccc1Cl.Cl. The Morgan fingerprint density at radius 1 is 1.39 bits per heavy atom. The Balaban J connectivity index is 0.00000264. The Morgan fingerprint density at radius 2 is 2.09 bits per heavy atom. The van der Waals surface area contributed by atoms with Gasteiger partial charge in [-0.25, -0.2) is 0 Å². The van der Waals surface area contributed by atoms with Gasteiger partial charge in [0.05, 0.1) is 6.54 Å². The number of amides is 1. The Kier molecular flexibility index (Phi) is 8.34. The Morgan fingerprint density at radius 3 is 2.74 bits per heavy atom. The highest BCUT2D eigenvalue weighted by molar-refractivity contribution is 6.31. The molecule has 2 rings (SSSR count). The van der Waals surface area contributed by atoms with Crippen molar-refractivity contribution in [3.63, 3.8) is 0 Å². The first-order valence-electron chi connectivity index (χ1n) is 7.97. The van der Waals surface area contributed by atoms with Crippen LogP contribution in [0.25, 0.3) is 0 Å². The number of piperazine rings is 1. The molecule has 2 atom stereocenters. The smallest absolute Gasteiger partial charge is 0.234 e. The number of nitrogens with one attached hydrogen (secondary N) is 2. The van der Waals surface area contributed by atoms with Crippen LogP contribution in [-0.4, -0.2) is 43.0 Å². The number of nitrogens with zero attached hydrogens (tertiary/aromatic N) is 1. The van der Waals surface area contributed by atoms with E-state index < -0.39 is 0 Å². The van der Waals surface area contributed by atoms with Gasteiger partial charge < -0.3 is 10.6 Å². The van der Waals surface area contributed by atoms with Crippen molar-refractivity contribution in [2.45, 2.75) is 32.9 Å². The molecule has 1 aromatic carbocycles. The number of hydrogen-bond acceptors (Lipinski definition) is 3. The fourth-order valence-electron chi connectivity index (χ4n) is 2.64. The minimum atomic E-state index is 0.